The molecule has 0 aliphatic heterocycles. The number of ether oxygens (including phenoxy) is 1. The number of H-pyrrole nitrogens is 1. The Morgan fingerprint density at radius 1 is 1.03 bits per heavy atom. The zero-order valence-corrected chi connectivity index (χ0v) is 17.6. The standard InChI is InChI=1S/C25H23ClN2O3/c26-22-10-3-1-7-18(22)16-31-20-8-5-6-17(12-20)14-27-24(25(29)30)13-19-15-28-23-11-4-2-9-21(19)23/h1-12,15,24,27-28H,13-14,16H2,(H,29,30)/t24-/m1/s1. The Bertz CT molecular complexity index is 1190. The number of aliphatic carboxylic acids is 1. The van der Waals surface area contributed by atoms with Gasteiger partial charge >= 0.3 is 5.97 Å². The van der Waals surface area contributed by atoms with E-state index in [4.69, 9.17) is 16.3 Å². The van der Waals surface area contributed by atoms with E-state index < -0.39 is 12.0 Å². The molecular weight excluding hydrogens is 412 g/mol. The van der Waals surface area contributed by atoms with Gasteiger partial charge in [-0.1, -0.05) is 60.1 Å². The summed E-state index contributed by atoms with van der Waals surface area (Å²) in [4.78, 5) is 15.0. The van der Waals surface area contributed by atoms with Crippen LogP contribution in [-0.2, 0) is 24.4 Å². The van der Waals surface area contributed by atoms with E-state index in [2.05, 4.69) is 10.3 Å². The van der Waals surface area contributed by atoms with Gasteiger partial charge in [0.1, 0.15) is 18.4 Å². The summed E-state index contributed by atoms with van der Waals surface area (Å²) in [7, 11) is 0. The fourth-order valence-corrected chi connectivity index (χ4v) is 3.72. The second kappa shape index (κ2) is 9.69. The number of aromatic amines is 1. The van der Waals surface area contributed by atoms with Crippen LogP contribution in [0.2, 0.25) is 5.02 Å². The summed E-state index contributed by atoms with van der Waals surface area (Å²) < 4.78 is 5.87. The summed E-state index contributed by atoms with van der Waals surface area (Å²) in [5, 5.41) is 14.6. The van der Waals surface area contributed by atoms with E-state index >= 15 is 0 Å². The van der Waals surface area contributed by atoms with Crippen LogP contribution in [-0.4, -0.2) is 22.1 Å². The minimum Gasteiger partial charge on any atom is -0.489 e. The van der Waals surface area contributed by atoms with E-state index in [1.165, 1.54) is 0 Å². The number of carboxylic acids is 1. The van der Waals surface area contributed by atoms with Crippen LogP contribution < -0.4 is 10.1 Å². The molecule has 0 radical (unpaired) electrons. The van der Waals surface area contributed by atoms with Gasteiger partial charge in [0.15, 0.2) is 0 Å². The van der Waals surface area contributed by atoms with Crippen molar-refractivity contribution in [1.82, 2.24) is 10.3 Å². The van der Waals surface area contributed by atoms with Gasteiger partial charge in [0, 0.05) is 40.7 Å². The number of nitrogens with one attached hydrogen (secondary N) is 2. The molecule has 0 bridgehead atoms. The molecule has 3 aromatic carbocycles. The maximum atomic E-state index is 11.8. The number of aromatic nitrogens is 1. The van der Waals surface area contributed by atoms with Crippen molar-refractivity contribution in [2.75, 3.05) is 0 Å². The normalized spacial score (nSPS) is 12.0. The van der Waals surface area contributed by atoms with E-state index in [1.54, 1.807) is 0 Å². The number of benzene rings is 3. The number of para-hydroxylation sites is 1. The van der Waals surface area contributed by atoms with Crippen LogP contribution in [0.25, 0.3) is 10.9 Å². The monoisotopic (exact) mass is 434 g/mol. The summed E-state index contributed by atoms with van der Waals surface area (Å²) in [5.74, 6) is -0.167. The summed E-state index contributed by atoms with van der Waals surface area (Å²) >= 11 is 6.18. The highest BCUT2D eigenvalue weighted by Crippen LogP contribution is 2.21. The minimum absolute atomic E-state index is 0.370. The molecule has 1 heterocycles. The third kappa shape index (κ3) is 5.26. The van der Waals surface area contributed by atoms with Gasteiger partial charge in [-0.15, -0.1) is 0 Å². The molecule has 0 spiro atoms. The first-order chi connectivity index (χ1) is 15.1. The molecule has 1 aromatic heterocycles. The van der Waals surface area contributed by atoms with E-state index in [1.807, 2.05) is 79.0 Å². The lowest BCUT2D eigenvalue weighted by Crippen LogP contribution is -2.38. The van der Waals surface area contributed by atoms with Crippen molar-refractivity contribution >= 4 is 28.5 Å². The number of rotatable bonds is 9. The predicted octanol–water partition coefficient (Wildman–Crippen LogP) is 5.19. The van der Waals surface area contributed by atoms with Gasteiger partial charge in [0.2, 0.25) is 0 Å². The highest BCUT2D eigenvalue weighted by Gasteiger charge is 2.19. The van der Waals surface area contributed by atoms with E-state index in [-0.39, 0.29) is 0 Å². The molecule has 6 heteroatoms. The molecule has 0 saturated heterocycles. The van der Waals surface area contributed by atoms with Gasteiger partial charge in [-0.05, 0) is 35.4 Å². The van der Waals surface area contributed by atoms with Gasteiger partial charge in [0.05, 0.1) is 0 Å². The molecule has 1 atom stereocenters. The smallest absolute Gasteiger partial charge is 0.321 e. The lowest BCUT2D eigenvalue weighted by Gasteiger charge is -2.15. The summed E-state index contributed by atoms with van der Waals surface area (Å²) in [5.41, 5.74) is 3.84. The number of carboxylic acid groups (broad SMARTS) is 1. The number of hydrogen-bond donors (Lipinski definition) is 3. The van der Waals surface area contributed by atoms with Crippen LogP contribution in [0.15, 0.2) is 79.0 Å². The first kappa shape index (κ1) is 21.0. The maximum Gasteiger partial charge on any atom is 0.321 e. The fourth-order valence-electron chi connectivity index (χ4n) is 3.53. The maximum absolute atomic E-state index is 11.8. The summed E-state index contributed by atoms with van der Waals surface area (Å²) in [6.07, 6.45) is 2.27. The SMILES string of the molecule is O=C(O)[C@@H](Cc1c[nH]c2ccccc12)NCc1cccc(OCc2ccccc2Cl)c1. The second-order valence-corrected chi connectivity index (χ2v) is 7.77. The van der Waals surface area contributed by atoms with E-state index in [9.17, 15) is 9.90 Å². The lowest BCUT2D eigenvalue weighted by atomic mass is 10.0. The molecule has 4 aromatic rings. The molecule has 158 valence electrons. The number of carbonyl (C=O) groups is 1. The molecule has 0 amide bonds. The average molecular weight is 435 g/mol. The molecular formula is C25H23ClN2O3. The van der Waals surface area contributed by atoms with E-state index in [0.717, 1.165) is 27.6 Å². The fraction of sp³-hybridized carbons (Fsp3) is 0.160. The molecule has 3 N–H and O–H groups in total. The van der Waals surface area contributed by atoms with Crippen LogP contribution in [0.5, 0.6) is 5.75 Å². The molecule has 0 fully saturated rings. The van der Waals surface area contributed by atoms with Gasteiger partial charge in [-0.25, -0.2) is 0 Å². The largest absolute Gasteiger partial charge is 0.489 e. The van der Waals surface area contributed by atoms with Crippen LogP contribution >= 0.6 is 11.6 Å². The average Bonchev–Trinajstić information content (AvgIpc) is 3.19. The molecule has 31 heavy (non-hydrogen) atoms. The molecule has 0 aliphatic rings. The van der Waals surface area contributed by atoms with Gasteiger partial charge in [0.25, 0.3) is 0 Å². The molecule has 0 saturated carbocycles. The third-order valence-electron chi connectivity index (χ3n) is 5.20. The zero-order chi connectivity index (χ0) is 21.6. The van der Waals surface area contributed by atoms with Crippen LogP contribution in [0.1, 0.15) is 16.7 Å². The van der Waals surface area contributed by atoms with Crippen LogP contribution in [0, 0.1) is 0 Å². The predicted molar refractivity (Wildman–Crippen MR) is 122 cm³/mol. The molecule has 4 rings (SSSR count). The van der Waals surface area contributed by atoms with Crippen molar-refractivity contribution in [1.29, 1.82) is 0 Å². The van der Waals surface area contributed by atoms with Crippen molar-refractivity contribution in [2.45, 2.75) is 25.6 Å². The summed E-state index contributed by atoms with van der Waals surface area (Å²) in [6, 6.07) is 22.4. The van der Waals surface area contributed by atoms with Crippen molar-refractivity contribution in [3.05, 3.63) is 101 Å². The Morgan fingerprint density at radius 2 is 1.84 bits per heavy atom. The van der Waals surface area contributed by atoms with Crippen LogP contribution in [0.4, 0.5) is 0 Å². The first-order valence-electron chi connectivity index (χ1n) is 10.1. The van der Waals surface area contributed by atoms with E-state index in [0.29, 0.717) is 30.3 Å². The Hall–Kier alpha value is -3.28. The quantitative estimate of drug-likeness (QED) is 0.339. The van der Waals surface area contributed by atoms with Crippen molar-refractivity contribution < 1.29 is 14.6 Å². The van der Waals surface area contributed by atoms with Gasteiger partial charge < -0.3 is 20.1 Å². The van der Waals surface area contributed by atoms with Crippen molar-refractivity contribution in [2.24, 2.45) is 0 Å². The van der Waals surface area contributed by atoms with Crippen LogP contribution in [0.3, 0.4) is 0 Å². The van der Waals surface area contributed by atoms with Gasteiger partial charge in [-0.2, -0.15) is 0 Å². The highest BCUT2D eigenvalue weighted by atomic mass is 35.5. The van der Waals surface area contributed by atoms with Gasteiger partial charge in [-0.3, -0.25) is 4.79 Å². The first-order valence-corrected chi connectivity index (χ1v) is 10.4. The number of fused-ring (bicyclic) bond motifs is 1. The molecule has 5 nitrogen and oxygen atoms in total. The third-order valence-corrected chi connectivity index (χ3v) is 5.57. The second-order valence-electron chi connectivity index (χ2n) is 7.36. The van der Waals surface area contributed by atoms with Crippen molar-refractivity contribution in [3.63, 3.8) is 0 Å². The topological polar surface area (TPSA) is 74.3 Å². The number of hydrogen-bond acceptors (Lipinski definition) is 3. The Morgan fingerprint density at radius 3 is 2.68 bits per heavy atom. The Balaban J connectivity index is 1.39. The van der Waals surface area contributed by atoms with Crippen molar-refractivity contribution in [3.8, 4) is 5.75 Å². The molecule has 0 aliphatic carbocycles. The Labute approximate surface area is 185 Å². The minimum atomic E-state index is -0.878. The zero-order valence-electron chi connectivity index (χ0n) is 16.8. The number of halogens is 1. The molecule has 0 unspecified atom stereocenters. The lowest BCUT2D eigenvalue weighted by molar-refractivity contribution is -0.139. The summed E-state index contributed by atoms with van der Waals surface area (Å²) in [6.45, 7) is 0.789. The highest BCUT2D eigenvalue weighted by molar-refractivity contribution is 6.31. The Kier molecular flexibility index (Phi) is 6.55.